The second-order valence-electron chi connectivity index (χ2n) is 6.35. The van der Waals surface area contributed by atoms with Gasteiger partial charge in [0, 0.05) is 35.3 Å². The molecular formula is C18H18FN3O2. The molecule has 2 aromatic heterocycles. The predicted molar refractivity (Wildman–Crippen MR) is 88.2 cm³/mol. The lowest BCUT2D eigenvalue weighted by atomic mass is 10.1. The van der Waals surface area contributed by atoms with Crippen molar-refractivity contribution >= 4 is 10.9 Å². The Balaban J connectivity index is 1.64. The fourth-order valence-electron chi connectivity index (χ4n) is 3.46. The van der Waals surface area contributed by atoms with Crippen molar-refractivity contribution in [2.75, 3.05) is 6.54 Å². The lowest BCUT2D eigenvalue weighted by molar-refractivity contribution is 0.204. The second-order valence-corrected chi connectivity index (χ2v) is 6.35. The molecule has 6 heteroatoms. The van der Waals surface area contributed by atoms with Crippen LogP contribution >= 0.6 is 0 Å². The average Bonchev–Trinajstić information content (AvgIpc) is 3.17. The maximum atomic E-state index is 13.3. The van der Waals surface area contributed by atoms with Crippen LogP contribution in [0.3, 0.4) is 0 Å². The Kier molecular flexibility index (Phi) is 3.69. The van der Waals surface area contributed by atoms with E-state index in [4.69, 9.17) is 4.52 Å². The van der Waals surface area contributed by atoms with Crippen LogP contribution in [0.4, 0.5) is 4.39 Å². The average molecular weight is 327 g/mol. The molecule has 5 nitrogen and oxygen atoms in total. The number of fused-ring (bicyclic) bond motifs is 1. The van der Waals surface area contributed by atoms with Gasteiger partial charge in [0.15, 0.2) is 11.2 Å². The maximum Gasteiger partial charge on any atom is 0.189 e. The number of nitrogens with zero attached hydrogens (tertiary/aromatic N) is 2. The van der Waals surface area contributed by atoms with Gasteiger partial charge < -0.3 is 9.51 Å². The zero-order valence-corrected chi connectivity index (χ0v) is 13.4. The molecule has 0 aliphatic carbocycles. The number of aromatic amines is 1. The van der Waals surface area contributed by atoms with Gasteiger partial charge in [-0.2, -0.15) is 0 Å². The van der Waals surface area contributed by atoms with E-state index >= 15 is 0 Å². The Labute approximate surface area is 138 Å². The minimum Gasteiger partial charge on any atom is -0.359 e. The smallest absolute Gasteiger partial charge is 0.189 e. The summed E-state index contributed by atoms with van der Waals surface area (Å²) in [6.07, 6.45) is 2.09. The van der Waals surface area contributed by atoms with E-state index in [0.717, 1.165) is 36.5 Å². The van der Waals surface area contributed by atoms with Crippen LogP contribution in [0.1, 0.15) is 36.0 Å². The molecule has 0 saturated carbocycles. The number of aryl methyl sites for hydroxylation is 1. The molecule has 4 rings (SSSR count). The van der Waals surface area contributed by atoms with Crippen LogP contribution in [0.5, 0.6) is 0 Å². The Morgan fingerprint density at radius 2 is 2.25 bits per heavy atom. The molecule has 1 saturated heterocycles. The number of halogens is 1. The monoisotopic (exact) mass is 327 g/mol. The molecular weight excluding hydrogens is 309 g/mol. The highest BCUT2D eigenvalue weighted by Gasteiger charge is 2.29. The molecule has 3 aromatic rings. The van der Waals surface area contributed by atoms with Crippen LogP contribution in [0.15, 0.2) is 39.6 Å². The van der Waals surface area contributed by atoms with Gasteiger partial charge in [-0.1, -0.05) is 5.16 Å². The third-order valence-corrected chi connectivity index (χ3v) is 4.56. The number of hydrogen-bond acceptors (Lipinski definition) is 4. The van der Waals surface area contributed by atoms with Gasteiger partial charge in [-0.3, -0.25) is 9.69 Å². The molecule has 1 aliphatic heterocycles. The number of hydrogen-bond donors (Lipinski definition) is 1. The number of nitrogens with one attached hydrogen (secondary N) is 1. The van der Waals surface area contributed by atoms with Gasteiger partial charge in [0.25, 0.3) is 0 Å². The van der Waals surface area contributed by atoms with Crippen molar-refractivity contribution in [3.63, 3.8) is 0 Å². The van der Waals surface area contributed by atoms with Crippen LogP contribution < -0.4 is 5.43 Å². The van der Waals surface area contributed by atoms with Crippen LogP contribution in [-0.2, 0) is 6.54 Å². The van der Waals surface area contributed by atoms with E-state index in [1.165, 1.54) is 12.1 Å². The first-order valence-electron chi connectivity index (χ1n) is 8.09. The highest BCUT2D eigenvalue weighted by Crippen LogP contribution is 2.33. The van der Waals surface area contributed by atoms with E-state index in [2.05, 4.69) is 15.0 Å². The first-order chi connectivity index (χ1) is 11.6. The topological polar surface area (TPSA) is 62.1 Å². The zero-order chi connectivity index (χ0) is 16.7. The predicted octanol–water partition coefficient (Wildman–Crippen LogP) is 3.30. The van der Waals surface area contributed by atoms with Gasteiger partial charge in [-0.05, 0) is 44.5 Å². The third-order valence-electron chi connectivity index (χ3n) is 4.56. The number of likely N-dealkylation sites (tertiary alicyclic amines) is 1. The van der Waals surface area contributed by atoms with E-state index < -0.39 is 5.82 Å². The number of pyridine rings is 1. The number of H-pyrrole nitrogens is 1. The molecule has 0 bridgehead atoms. The molecule has 0 radical (unpaired) electrons. The SMILES string of the molecule is Cc1cc([C@@H]2CCCN2Cc2cc(=O)c3cc(F)ccc3[nH]2)on1. The van der Waals surface area contributed by atoms with Crippen molar-refractivity contribution in [2.24, 2.45) is 0 Å². The molecule has 1 fully saturated rings. The molecule has 1 aliphatic rings. The molecule has 0 unspecified atom stereocenters. The Morgan fingerprint density at radius 3 is 3.04 bits per heavy atom. The molecule has 1 aromatic carbocycles. The normalized spacial score (nSPS) is 18.5. The minimum atomic E-state index is -0.402. The van der Waals surface area contributed by atoms with Crippen LogP contribution in [-0.4, -0.2) is 21.6 Å². The zero-order valence-electron chi connectivity index (χ0n) is 13.4. The van der Waals surface area contributed by atoms with E-state index in [1.807, 2.05) is 13.0 Å². The summed E-state index contributed by atoms with van der Waals surface area (Å²) in [6.45, 7) is 3.47. The molecule has 0 spiro atoms. The summed E-state index contributed by atoms with van der Waals surface area (Å²) in [6, 6.07) is 7.94. The molecule has 24 heavy (non-hydrogen) atoms. The quantitative estimate of drug-likeness (QED) is 0.802. The van der Waals surface area contributed by atoms with E-state index in [0.29, 0.717) is 17.4 Å². The summed E-state index contributed by atoms with van der Waals surface area (Å²) >= 11 is 0. The van der Waals surface area contributed by atoms with Crippen molar-refractivity contribution in [3.05, 3.63) is 63.5 Å². The van der Waals surface area contributed by atoms with Crippen molar-refractivity contribution in [3.8, 4) is 0 Å². The van der Waals surface area contributed by atoms with Gasteiger partial charge >= 0.3 is 0 Å². The number of aromatic nitrogens is 2. The fraction of sp³-hybridized carbons (Fsp3) is 0.333. The summed E-state index contributed by atoms with van der Waals surface area (Å²) in [5.41, 5.74) is 2.19. The summed E-state index contributed by atoms with van der Waals surface area (Å²) < 4.78 is 18.7. The highest BCUT2D eigenvalue weighted by atomic mass is 19.1. The van der Waals surface area contributed by atoms with E-state index in [9.17, 15) is 9.18 Å². The van der Waals surface area contributed by atoms with E-state index in [1.54, 1.807) is 12.1 Å². The molecule has 1 N–H and O–H groups in total. The van der Waals surface area contributed by atoms with Crippen molar-refractivity contribution in [1.29, 1.82) is 0 Å². The lowest BCUT2D eigenvalue weighted by Crippen LogP contribution is -2.24. The third kappa shape index (κ3) is 2.73. The second kappa shape index (κ2) is 5.87. The van der Waals surface area contributed by atoms with Crippen LogP contribution in [0, 0.1) is 12.7 Å². The Hall–Kier alpha value is -2.47. The summed E-state index contributed by atoms with van der Waals surface area (Å²) in [4.78, 5) is 17.8. The molecule has 1 atom stereocenters. The number of rotatable bonds is 3. The number of benzene rings is 1. The highest BCUT2D eigenvalue weighted by molar-refractivity contribution is 5.78. The molecule has 124 valence electrons. The van der Waals surface area contributed by atoms with Crippen LogP contribution in [0.25, 0.3) is 10.9 Å². The van der Waals surface area contributed by atoms with Gasteiger partial charge in [-0.25, -0.2) is 4.39 Å². The standard InChI is InChI=1S/C18H18FN3O2/c1-11-7-18(24-21-11)16-3-2-6-22(16)10-13-9-17(23)14-8-12(19)4-5-15(14)20-13/h4-5,7-9,16H,2-3,6,10H2,1H3,(H,20,23)/t16-/m0/s1. The summed E-state index contributed by atoms with van der Waals surface area (Å²) in [7, 11) is 0. The first kappa shape index (κ1) is 15.1. The van der Waals surface area contributed by atoms with E-state index in [-0.39, 0.29) is 11.5 Å². The molecule has 0 amide bonds. The molecule has 3 heterocycles. The summed E-state index contributed by atoms with van der Waals surface area (Å²) in [5.74, 6) is 0.469. The van der Waals surface area contributed by atoms with Crippen molar-refractivity contribution in [1.82, 2.24) is 15.0 Å². The Bertz CT molecular complexity index is 947. The maximum absolute atomic E-state index is 13.3. The van der Waals surface area contributed by atoms with Crippen molar-refractivity contribution in [2.45, 2.75) is 32.4 Å². The fourth-order valence-corrected chi connectivity index (χ4v) is 3.46. The first-order valence-corrected chi connectivity index (χ1v) is 8.09. The Morgan fingerprint density at radius 1 is 1.38 bits per heavy atom. The van der Waals surface area contributed by atoms with Gasteiger partial charge in [-0.15, -0.1) is 0 Å². The largest absolute Gasteiger partial charge is 0.359 e. The summed E-state index contributed by atoms with van der Waals surface area (Å²) in [5, 5.41) is 4.35. The van der Waals surface area contributed by atoms with Gasteiger partial charge in [0.1, 0.15) is 5.82 Å². The van der Waals surface area contributed by atoms with Gasteiger partial charge in [0.05, 0.1) is 11.7 Å². The van der Waals surface area contributed by atoms with Gasteiger partial charge in [0.2, 0.25) is 0 Å². The van der Waals surface area contributed by atoms with Crippen LogP contribution in [0.2, 0.25) is 0 Å². The lowest BCUT2D eigenvalue weighted by Gasteiger charge is -2.22. The van der Waals surface area contributed by atoms with Crippen molar-refractivity contribution < 1.29 is 8.91 Å². The minimum absolute atomic E-state index is 0.162.